The molecule has 0 saturated carbocycles. The van der Waals surface area contributed by atoms with Crippen molar-refractivity contribution in [3.8, 4) is 0 Å². The molecule has 0 spiro atoms. The van der Waals surface area contributed by atoms with E-state index in [4.69, 9.17) is 19.3 Å². The standard InChI is InChI=1S/C33H35N3O5S/c1-6-39-30(38)28(36-41-23(2)29(37)40-32(3,4)5)27-22-42-31(34-27)35-33(24-16-10-7-11-17-24,25-18-12-8-13-19-25)26-20-14-9-15-21-26/h7-23H,6H2,1-5H3,(H,34,35)/b36-28-. The summed E-state index contributed by atoms with van der Waals surface area (Å²) in [5.74, 6) is -1.32. The van der Waals surface area contributed by atoms with Gasteiger partial charge in [0.25, 0.3) is 0 Å². The molecule has 0 aliphatic rings. The highest BCUT2D eigenvalue weighted by atomic mass is 32.1. The number of thiazole rings is 1. The average molecular weight is 586 g/mol. The topological polar surface area (TPSA) is 99.1 Å². The summed E-state index contributed by atoms with van der Waals surface area (Å²) in [6.07, 6.45) is -1.05. The van der Waals surface area contributed by atoms with E-state index in [-0.39, 0.29) is 18.0 Å². The molecule has 4 rings (SSSR count). The van der Waals surface area contributed by atoms with Gasteiger partial charge in [0.05, 0.1) is 6.61 Å². The van der Waals surface area contributed by atoms with Crippen LogP contribution < -0.4 is 5.32 Å². The molecule has 0 bridgehead atoms. The Hall–Kier alpha value is -4.50. The maximum atomic E-state index is 12.9. The Morgan fingerprint density at radius 1 is 0.881 bits per heavy atom. The lowest BCUT2D eigenvalue weighted by Gasteiger charge is -2.36. The maximum Gasteiger partial charge on any atom is 0.362 e. The van der Waals surface area contributed by atoms with Crippen molar-refractivity contribution in [1.29, 1.82) is 0 Å². The van der Waals surface area contributed by atoms with E-state index < -0.39 is 29.2 Å². The zero-order chi connectivity index (χ0) is 30.2. The summed E-state index contributed by atoms with van der Waals surface area (Å²) < 4.78 is 10.6. The van der Waals surface area contributed by atoms with Gasteiger partial charge >= 0.3 is 11.9 Å². The van der Waals surface area contributed by atoms with Gasteiger partial charge in [-0.05, 0) is 51.3 Å². The molecule has 1 heterocycles. The summed E-state index contributed by atoms with van der Waals surface area (Å²) in [5, 5.41) is 9.93. The van der Waals surface area contributed by atoms with Crippen LogP contribution in [0.25, 0.3) is 0 Å². The first-order valence-corrected chi connectivity index (χ1v) is 14.6. The van der Waals surface area contributed by atoms with Crippen LogP contribution in [-0.4, -0.2) is 40.9 Å². The summed E-state index contributed by atoms with van der Waals surface area (Å²) in [6.45, 7) is 8.61. The molecule has 0 saturated heterocycles. The lowest BCUT2D eigenvalue weighted by Crippen LogP contribution is -2.38. The summed E-state index contributed by atoms with van der Waals surface area (Å²) >= 11 is 1.31. The number of hydrogen-bond donors (Lipinski definition) is 1. The van der Waals surface area contributed by atoms with Crippen LogP contribution in [0, 0.1) is 0 Å². The molecule has 1 unspecified atom stereocenters. The zero-order valence-corrected chi connectivity index (χ0v) is 25.2. The number of benzene rings is 3. The number of nitrogens with one attached hydrogen (secondary N) is 1. The first-order valence-electron chi connectivity index (χ1n) is 13.7. The number of esters is 2. The molecule has 0 fully saturated rings. The van der Waals surface area contributed by atoms with E-state index in [1.54, 1.807) is 33.1 Å². The van der Waals surface area contributed by atoms with Gasteiger partial charge in [0.2, 0.25) is 11.8 Å². The number of anilines is 1. The van der Waals surface area contributed by atoms with E-state index in [0.717, 1.165) is 16.7 Å². The van der Waals surface area contributed by atoms with Crippen molar-refractivity contribution in [2.45, 2.75) is 51.9 Å². The van der Waals surface area contributed by atoms with E-state index in [0.29, 0.717) is 5.13 Å². The number of aromatic nitrogens is 1. The molecule has 4 aromatic rings. The molecule has 42 heavy (non-hydrogen) atoms. The molecule has 9 heteroatoms. The molecule has 1 aromatic heterocycles. The van der Waals surface area contributed by atoms with Crippen molar-refractivity contribution in [2.75, 3.05) is 11.9 Å². The monoisotopic (exact) mass is 585 g/mol. The highest BCUT2D eigenvalue weighted by molar-refractivity contribution is 7.14. The van der Waals surface area contributed by atoms with Crippen molar-refractivity contribution < 1.29 is 23.9 Å². The van der Waals surface area contributed by atoms with Gasteiger partial charge in [-0.1, -0.05) is 96.2 Å². The fourth-order valence-electron chi connectivity index (χ4n) is 4.33. The molecule has 8 nitrogen and oxygen atoms in total. The maximum absolute atomic E-state index is 12.9. The smallest absolute Gasteiger partial charge is 0.362 e. The van der Waals surface area contributed by atoms with Gasteiger partial charge in [0.1, 0.15) is 16.8 Å². The number of hydrogen-bond acceptors (Lipinski definition) is 9. The highest BCUT2D eigenvalue weighted by Gasteiger charge is 2.37. The van der Waals surface area contributed by atoms with E-state index in [1.807, 2.05) is 54.6 Å². The Morgan fingerprint density at radius 2 is 1.38 bits per heavy atom. The Kier molecular flexibility index (Phi) is 9.75. The van der Waals surface area contributed by atoms with Gasteiger partial charge in [0.15, 0.2) is 5.13 Å². The van der Waals surface area contributed by atoms with Crippen LogP contribution in [0.5, 0.6) is 0 Å². The van der Waals surface area contributed by atoms with Gasteiger partial charge in [-0.25, -0.2) is 14.6 Å². The Balaban J connectivity index is 1.75. The molecule has 0 radical (unpaired) electrons. The number of carbonyl (C=O) groups excluding carboxylic acids is 2. The Bertz CT molecular complexity index is 1400. The number of ether oxygens (including phenoxy) is 2. The van der Waals surface area contributed by atoms with Crippen molar-refractivity contribution in [3.63, 3.8) is 0 Å². The number of nitrogens with zero attached hydrogens (tertiary/aromatic N) is 2. The van der Waals surface area contributed by atoms with Crippen LogP contribution in [0.15, 0.2) is 102 Å². The summed E-state index contributed by atoms with van der Waals surface area (Å²) in [7, 11) is 0. The number of oxime groups is 1. The van der Waals surface area contributed by atoms with Crippen LogP contribution in [0.1, 0.15) is 57.0 Å². The summed E-state index contributed by atoms with van der Waals surface area (Å²) in [5.41, 5.74) is 1.62. The third-order valence-electron chi connectivity index (χ3n) is 6.17. The number of carbonyl (C=O) groups is 2. The van der Waals surface area contributed by atoms with Gasteiger partial charge in [-0.3, -0.25) is 0 Å². The third-order valence-corrected chi connectivity index (χ3v) is 6.93. The predicted octanol–water partition coefficient (Wildman–Crippen LogP) is 6.56. The van der Waals surface area contributed by atoms with Crippen molar-refractivity contribution in [3.05, 3.63) is 119 Å². The number of rotatable bonds is 11. The average Bonchev–Trinajstić information content (AvgIpc) is 3.44. The van der Waals surface area contributed by atoms with Gasteiger partial charge < -0.3 is 19.6 Å². The second-order valence-electron chi connectivity index (χ2n) is 10.5. The van der Waals surface area contributed by atoms with Gasteiger partial charge in [-0.15, -0.1) is 11.3 Å². The SMILES string of the molecule is CCOC(=O)/C(=N\OC(C)C(=O)OC(C)(C)C)c1csc(NC(c2ccccc2)(c2ccccc2)c2ccccc2)n1. The minimum Gasteiger partial charge on any atom is -0.461 e. The lowest BCUT2D eigenvalue weighted by atomic mass is 9.77. The lowest BCUT2D eigenvalue weighted by molar-refractivity contribution is -0.167. The largest absolute Gasteiger partial charge is 0.461 e. The van der Waals surface area contributed by atoms with E-state index in [9.17, 15) is 9.59 Å². The normalized spacial score (nSPS) is 12.7. The zero-order valence-electron chi connectivity index (χ0n) is 24.4. The highest BCUT2D eigenvalue weighted by Crippen LogP contribution is 2.40. The van der Waals surface area contributed by atoms with Crippen LogP contribution in [0.3, 0.4) is 0 Å². The van der Waals surface area contributed by atoms with Crippen molar-refractivity contribution in [1.82, 2.24) is 4.98 Å². The van der Waals surface area contributed by atoms with Crippen molar-refractivity contribution >= 4 is 34.1 Å². The minimum absolute atomic E-state index is 0.133. The molecular weight excluding hydrogens is 550 g/mol. The summed E-state index contributed by atoms with van der Waals surface area (Å²) in [6, 6.07) is 30.3. The fraction of sp³-hybridized carbons (Fsp3) is 0.273. The van der Waals surface area contributed by atoms with Crippen LogP contribution in [0.2, 0.25) is 0 Å². The summed E-state index contributed by atoms with van der Waals surface area (Å²) in [4.78, 5) is 35.5. The molecular formula is C33H35N3O5S. The second kappa shape index (κ2) is 13.4. The van der Waals surface area contributed by atoms with E-state index >= 15 is 0 Å². The third kappa shape index (κ3) is 7.22. The molecule has 3 aromatic carbocycles. The van der Waals surface area contributed by atoms with E-state index in [2.05, 4.69) is 46.9 Å². The fourth-order valence-corrected chi connectivity index (χ4v) is 5.08. The molecule has 218 valence electrons. The van der Waals surface area contributed by atoms with Crippen LogP contribution >= 0.6 is 11.3 Å². The molecule has 0 aliphatic heterocycles. The Labute approximate surface area is 250 Å². The molecule has 1 N–H and O–H groups in total. The quantitative estimate of drug-likeness (QED) is 0.0921. The van der Waals surface area contributed by atoms with Gasteiger partial charge in [-0.2, -0.15) is 0 Å². The second-order valence-corrected chi connectivity index (χ2v) is 11.3. The van der Waals surface area contributed by atoms with Crippen LogP contribution in [-0.2, 0) is 29.4 Å². The predicted molar refractivity (Wildman–Crippen MR) is 165 cm³/mol. The minimum atomic E-state index is -1.05. The van der Waals surface area contributed by atoms with Crippen molar-refractivity contribution in [2.24, 2.45) is 5.16 Å². The molecule has 0 aliphatic carbocycles. The molecule has 1 atom stereocenters. The molecule has 0 amide bonds. The first kappa shape index (κ1) is 30.5. The Morgan fingerprint density at radius 3 is 1.83 bits per heavy atom. The van der Waals surface area contributed by atoms with E-state index in [1.165, 1.54) is 18.3 Å². The first-order chi connectivity index (χ1) is 20.1. The van der Waals surface area contributed by atoms with Crippen LogP contribution in [0.4, 0.5) is 5.13 Å². The van der Waals surface area contributed by atoms with Gasteiger partial charge in [0, 0.05) is 5.38 Å².